The maximum absolute atomic E-state index is 13.0. The lowest BCUT2D eigenvalue weighted by Gasteiger charge is -2.19. The number of hydrogen-bond acceptors (Lipinski definition) is 6. The molecule has 0 unspecified atom stereocenters. The average Bonchev–Trinajstić information content (AvgIpc) is 2.80. The molecule has 6 N–H and O–H groups in total. The van der Waals surface area contributed by atoms with Crippen molar-refractivity contribution in [1.82, 2.24) is 5.32 Å². The number of nitrogens with two attached hydrogens (primary N) is 2. The topological polar surface area (TPSA) is 158 Å². The van der Waals surface area contributed by atoms with Gasteiger partial charge in [0.15, 0.2) is 5.96 Å². The predicted octanol–water partition coefficient (Wildman–Crippen LogP) is 2.15. The van der Waals surface area contributed by atoms with Gasteiger partial charge in [0.25, 0.3) is 0 Å². The molecule has 2 aromatic rings. The summed E-state index contributed by atoms with van der Waals surface area (Å²) >= 11 is 0. The van der Waals surface area contributed by atoms with Crippen molar-refractivity contribution in [2.45, 2.75) is 32.4 Å². The molecule has 10 nitrogen and oxygen atoms in total. The second-order valence-electron chi connectivity index (χ2n) is 6.96. The van der Waals surface area contributed by atoms with E-state index in [1.165, 1.54) is 0 Å². The zero-order valence-corrected chi connectivity index (χ0v) is 18.5. The number of rotatable bonds is 11. The summed E-state index contributed by atoms with van der Waals surface area (Å²) in [6, 6.07) is 14.7. The van der Waals surface area contributed by atoms with E-state index in [9.17, 15) is 14.4 Å². The average molecular weight is 456 g/mol. The van der Waals surface area contributed by atoms with Gasteiger partial charge < -0.3 is 31.6 Å². The summed E-state index contributed by atoms with van der Waals surface area (Å²) in [5.74, 6) is -1.14. The van der Waals surface area contributed by atoms with Gasteiger partial charge in [-0.05, 0) is 37.5 Å². The monoisotopic (exact) mass is 455 g/mol. The molecule has 1 atom stereocenters. The maximum atomic E-state index is 13.0. The number of benzene rings is 2. The molecule has 0 aliphatic rings. The molecular weight excluding hydrogens is 426 g/mol. The summed E-state index contributed by atoms with van der Waals surface area (Å²) in [6.07, 6.45) is -0.0847. The number of nitrogens with zero attached hydrogens (tertiary/aromatic N) is 1. The Morgan fingerprint density at radius 2 is 1.70 bits per heavy atom. The number of anilines is 1. The molecule has 33 heavy (non-hydrogen) atoms. The van der Waals surface area contributed by atoms with E-state index in [1.807, 2.05) is 30.3 Å². The third-order valence-electron chi connectivity index (χ3n) is 4.45. The van der Waals surface area contributed by atoms with Gasteiger partial charge in [0.2, 0.25) is 5.91 Å². The van der Waals surface area contributed by atoms with Crippen LogP contribution in [0.5, 0.6) is 0 Å². The summed E-state index contributed by atoms with van der Waals surface area (Å²) < 4.78 is 10.3. The summed E-state index contributed by atoms with van der Waals surface area (Å²) in [7, 11) is 0. The van der Waals surface area contributed by atoms with Gasteiger partial charge >= 0.3 is 12.1 Å². The van der Waals surface area contributed by atoms with Crippen molar-refractivity contribution in [3.63, 3.8) is 0 Å². The van der Waals surface area contributed by atoms with E-state index in [-0.39, 0.29) is 43.4 Å². The van der Waals surface area contributed by atoms with Crippen LogP contribution in [-0.4, -0.2) is 43.1 Å². The zero-order valence-electron chi connectivity index (χ0n) is 18.5. The fourth-order valence-corrected chi connectivity index (χ4v) is 2.88. The standard InChI is InChI=1S/C23H29N5O5/c1-2-32-21(30)17-11-6-7-12-18(17)27-20(29)19(13-8-14-26-22(24)25)28-23(31)33-15-16-9-4-3-5-10-16/h3-7,9-12,19H,2,8,13-15H2,1H3,(H,27,29)(H,28,31)(H4,24,25,26)/t19-/m0/s1. The van der Waals surface area contributed by atoms with Crippen molar-refractivity contribution in [2.24, 2.45) is 16.5 Å². The highest BCUT2D eigenvalue weighted by Gasteiger charge is 2.23. The SMILES string of the molecule is CCOC(=O)c1ccccc1NC(=O)[C@H](CCCN=C(N)N)NC(=O)OCc1ccccc1. The molecule has 0 fully saturated rings. The molecule has 2 rings (SSSR count). The van der Waals surface area contributed by atoms with Gasteiger partial charge in [0, 0.05) is 6.54 Å². The van der Waals surface area contributed by atoms with Crippen LogP contribution in [0.15, 0.2) is 59.6 Å². The first kappa shape index (κ1) is 25.2. The molecule has 0 heterocycles. The molecule has 2 amide bonds. The Balaban J connectivity index is 2.07. The van der Waals surface area contributed by atoms with Gasteiger partial charge in [-0.2, -0.15) is 0 Å². The van der Waals surface area contributed by atoms with Crippen molar-refractivity contribution in [2.75, 3.05) is 18.5 Å². The molecule has 0 saturated heterocycles. The number of para-hydroxylation sites is 1. The Kier molecular flexibility index (Phi) is 10.2. The number of amides is 2. The molecule has 0 aromatic heterocycles. The lowest BCUT2D eigenvalue weighted by atomic mass is 10.1. The van der Waals surface area contributed by atoms with Crippen molar-refractivity contribution in [3.8, 4) is 0 Å². The fraction of sp³-hybridized carbons (Fsp3) is 0.304. The first-order chi connectivity index (χ1) is 15.9. The Morgan fingerprint density at radius 3 is 2.39 bits per heavy atom. The number of ether oxygens (including phenoxy) is 2. The Morgan fingerprint density at radius 1 is 1.00 bits per heavy atom. The minimum absolute atomic E-state index is 0.0563. The highest BCUT2D eigenvalue weighted by atomic mass is 16.5. The van der Waals surface area contributed by atoms with Crippen LogP contribution in [0.2, 0.25) is 0 Å². The summed E-state index contributed by atoms with van der Waals surface area (Å²) in [5, 5.41) is 5.25. The van der Waals surface area contributed by atoms with Crippen LogP contribution in [0.4, 0.5) is 10.5 Å². The minimum Gasteiger partial charge on any atom is -0.462 e. The number of nitrogens with one attached hydrogen (secondary N) is 2. The van der Waals surface area contributed by atoms with E-state index >= 15 is 0 Å². The van der Waals surface area contributed by atoms with E-state index in [0.29, 0.717) is 6.42 Å². The van der Waals surface area contributed by atoms with Gasteiger partial charge in [-0.1, -0.05) is 42.5 Å². The summed E-state index contributed by atoms with van der Waals surface area (Å²) in [6.45, 7) is 2.23. The van der Waals surface area contributed by atoms with E-state index in [4.69, 9.17) is 20.9 Å². The van der Waals surface area contributed by atoms with Gasteiger partial charge in [-0.15, -0.1) is 0 Å². The number of aliphatic imine (C=N–C) groups is 1. The molecule has 10 heteroatoms. The predicted molar refractivity (Wildman–Crippen MR) is 124 cm³/mol. The van der Waals surface area contributed by atoms with Crippen LogP contribution in [-0.2, 0) is 20.9 Å². The normalized spacial score (nSPS) is 11.1. The third-order valence-corrected chi connectivity index (χ3v) is 4.45. The van der Waals surface area contributed by atoms with Gasteiger partial charge in [-0.3, -0.25) is 9.79 Å². The number of hydrogen-bond donors (Lipinski definition) is 4. The Hall–Kier alpha value is -4.08. The maximum Gasteiger partial charge on any atom is 0.408 e. The summed E-state index contributed by atoms with van der Waals surface area (Å²) in [5.41, 5.74) is 12.0. The molecule has 0 spiro atoms. The van der Waals surface area contributed by atoms with E-state index in [0.717, 1.165) is 5.56 Å². The van der Waals surface area contributed by atoms with Crippen LogP contribution < -0.4 is 22.1 Å². The van der Waals surface area contributed by atoms with E-state index in [1.54, 1.807) is 31.2 Å². The van der Waals surface area contributed by atoms with Gasteiger partial charge in [0.05, 0.1) is 17.9 Å². The largest absolute Gasteiger partial charge is 0.462 e. The van der Waals surface area contributed by atoms with Crippen LogP contribution in [0.25, 0.3) is 0 Å². The Labute approximate surface area is 192 Å². The van der Waals surface area contributed by atoms with Crippen LogP contribution in [0.3, 0.4) is 0 Å². The lowest BCUT2D eigenvalue weighted by Crippen LogP contribution is -2.44. The molecule has 176 valence electrons. The number of guanidine groups is 1. The minimum atomic E-state index is -0.947. The van der Waals surface area contributed by atoms with Crippen molar-refractivity contribution < 1.29 is 23.9 Å². The lowest BCUT2D eigenvalue weighted by molar-refractivity contribution is -0.118. The molecule has 0 aliphatic heterocycles. The fourth-order valence-electron chi connectivity index (χ4n) is 2.88. The first-order valence-corrected chi connectivity index (χ1v) is 10.5. The van der Waals surface area contributed by atoms with Crippen molar-refractivity contribution in [3.05, 3.63) is 65.7 Å². The Bertz CT molecular complexity index is 961. The summed E-state index contributed by atoms with van der Waals surface area (Å²) in [4.78, 5) is 41.4. The zero-order chi connectivity index (χ0) is 24.1. The van der Waals surface area contributed by atoms with Crippen molar-refractivity contribution >= 4 is 29.6 Å². The second kappa shape index (κ2) is 13.4. The van der Waals surface area contributed by atoms with Crippen LogP contribution >= 0.6 is 0 Å². The highest BCUT2D eigenvalue weighted by molar-refractivity contribution is 6.03. The van der Waals surface area contributed by atoms with Crippen molar-refractivity contribution in [1.29, 1.82) is 0 Å². The number of esters is 1. The molecule has 0 radical (unpaired) electrons. The van der Waals surface area contributed by atoms with E-state index in [2.05, 4.69) is 15.6 Å². The van der Waals surface area contributed by atoms with Crippen LogP contribution in [0, 0.1) is 0 Å². The van der Waals surface area contributed by atoms with Gasteiger partial charge in [0.1, 0.15) is 12.6 Å². The molecular formula is C23H29N5O5. The highest BCUT2D eigenvalue weighted by Crippen LogP contribution is 2.17. The molecule has 2 aromatic carbocycles. The molecule has 0 bridgehead atoms. The first-order valence-electron chi connectivity index (χ1n) is 10.5. The third kappa shape index (κ3) is 8.90. The van der Waals surface area contributed by atoms with E-state index < -0.39 is 24.0 Å². The van der Waals surface area contributed by atoms with Crippen LogP contribution in [0.1, 0.15) is 35.7 Å². The number of carbonyl (C=O) groups excluding carboxylic acids is 3. The smallest absolute Gasteiger partial charge is 0.408 e. The quantitative estimate of drug-likeness (QED) is 0.175. The number of alkyl carbamates (subject to hydrolysis) is 1. The second-order valence-corrected chi connectivity index (χ2v) is 6.96. The number of carbonyl (C=O) groups is 3. The molecule has 0 aliphatic carbocycles. The molecule has 0 saturated carbocycles. The van der Waals surface area contributed by atoms with Gasteiger partial charge in [-0.25, -0.2) is 9.59 Å².